The molecular formula is C14H30N4O2S. The molecule has 6 nitrogen and oxygen atoms in total. The third-order valence-corrected chi connectivity index (χ3v) is 4.71. The van der Waals surface area contributed by atoms with Gasteiger partial charge in [-0.1, -0.05) is 6.92 Å². The summed E-state index contributed by atoms with van der Waals surface area (Å²) in [4.78, 5) is 6.70. The van der Waals surface area contributed by atoms with E-state index in [1.807, 2.05) is 0 Å². The fourth-order valence-electron chi connectivity index (χ4n) is 2.55. The summed E-state index contributed by atoms with van der Waals surface area (Å²) in [6.45, 7) is 6.30. The minimum absolute atomic E-state index is 0.215. The quantitative estimate of drug-likeness (QED) is 0.405. The fourth-order valence-corrected chi connectivity index (χ4v) is 3.21. The van der Waals surface area contributed by atoms with Crippen molar-refractivity contribution in [3.05, 3.63) is 0 Å². The number of rotatable bonds is 7. The highest BCUT2D eigenvalue weighted by Gasteiger charge is 2.19. The molecule has 0 aliphatic carbocycles. The van der Waals surface area contributed by atoms with Crippen LogP contribution in [0.5, 0.6) is 0 Å². The predicted octanol–water partition coefficient (Wildman–Crippen LogP) is 0.461. The monoisotopic (exact) mass is 318 g/mol. The standard InChI is InChI=1S/C14H30N4O2S/c1-4-9-18-10-6-13(7-11-18)17-14(15-2)16-8-5-12-21(3,19)20/h13H,4-12H2,1-3H3,(H2,15,16,17). The van der Waals surface area contributed by atoms with Gasteiger partial charge in [-0.25, -0.2) is 8.42 Å². The predicted molar refractivity (Wildman–Crippen MR) is 88.6 cm³/mol. The summed E-state index contributed by atoms with van der Waals surface area (Å²) in [6, 6.07) is 0.458. The Labute approximate surface area is 129 Å². The number of guanidine groups is 1. The zero-order valence-corrected chi connectivity index (χ0v) is 14.4. The molecule has 21 heavy (non-hydrogen) atoms. The number of hydrogen-bond donors (Lipinski definition) is 2. The minimum atomic E-state index is -2.87. The highest BCUT2D eigenvalue weighted by Crippen LogP contribution is 2.10. The zero-order valence-electron chi connectivity index (χ0n) is 13.6. The van der Waals surface area contributed by atoms with E-state index in [0.29, 0.717) is 19.0 Å². The number of nitrogens with one attached hydrogen (secondary N) is 2. The summed E-state index contributed by atoms with van der Waals surface area (Å²) in [5.41, 5.74) is 0. The van der Waals surface area contributed by atoms with Crippen LogP contribution in [0.1, 0.15) is 32.6 Å². The van der Waals surface area contributed by atoms with Gasteiger partial charge in [0, 0.05) is 39.0 Å². The zero-order chi connectivity index (χ0) is 15.7. The fraction of sp³-hybridized carbons (Fsp3) is 0.929. The molecular weight excluding hydrogens is 288 g/mol. The van der Waals surface area contributed by atoms with Crippen LogP contribution in [0.4, 0.5) is 0 Å². The van der Waals surface area contributed by atoms with E-state index < -0.39 is 9.84 Å². The lowest BCUT2D eigenvalue weighted by molar-refractivity contribution is 0.206. The molecule has 0 aromatic rings. The minimum Gasteiger partial charge on any atom is -0.356 e. The number of nitrogens with zero attached hydrogens (tertiary/aromatic N) is 2. The molecule has 0 bridgehead atoms. The van der Waals surface area contributed by atoms with Crippen molar-refractivity contribution in [1.29, 1.82) is 0 Å². The lowest BCUT2D eigenvalue weighted by Gasteiger charge is -2.32. The van der Waals surface area contributed by atoms with Gasteiger partial charge in [-0.05, 0) is 32.2 Å². The maximum atomic E-state index is 11.1. The first-order chi connectivity index (χ1) is 9.94. The van der Waals surface area contributed by atoms with Gasteiger partial charge >= 0.3 is 0 Å². The van der Waals surface area contributed by atoms with Gasteiger partial charge in [0.1, 0.15) is 9.84 Å². The summed E-state index contributed by atoms with van der Waals surface area (Å²) in [5, 5.41) is 6.62. The lowest BCUT2D eigenvalue weighted by Crippen LogP contribution is -2.49. The normalized spacial score (nSPS) is 18.7. The molecule has 0 atom stereocenters. The van der Waals surface area contributed by atoms with Crippen LogP contribution in [0.25, 0.3) is 0 Å². The van der Waals surface area contributed by atoms with Gasteiger partial charge in [0.15, 0.2) is 5.96 Å². The summed E-state index contributed by atoms with van der Waals surface area (Å²) in [5.74, 6) is 0.990. The van der Waals surface area contributed by atoms with Crippen molar-refractivity contribution in [2.24, 2.45) is 4.99 Å². The van der Waals surface area contributed by atoms with Crippen LogP contribution in [0.15, 0.2) is 4.99 Å². The third-order valence-electron chi connectivity index (χ3n) is 3.68. The number of aliphatic imine (C=N–C) groups is 1. The van der Waals surface area contributed by atoms with Crippen LogP contribution in [0, 0.1) is 0 Å². The van der Waals surface area contributed by atoms with Gasteiger partial charge in [0.25, 0.3) is 0 Å². The Kier molecular flexibility index (Phi) is 8.03. The third kappa shape index (κ3) is 8.26. The Bertz CT molecular complexity index is 415. The number of likely N-dealkylation sites (tertiary alicyclic amines) is 1. The second kappa shape index (κ2) is 9.25. The Hall–Kier alpha value is -0.820. The topological polar surface area (TPSA) is 73.8 Å². The van der Waals surface area contributed by atoms with E-state index in [1.54, 1.807) is 7.05 Å². The Balaban J connectivity index is 2.23. The van der Waals surface area contributed by atoms with E-state index in [4.69, 9.17) is 0 Å². The maximum absolute atomic E-state index is 11.1. The molecule has 1 rings (SSSR count). The summed E-state index contributed by atoms with van der Waals surface area (Å²) in [6.07, 6.45) is 5.34. The first kappa shape index (κ1) is 18.2. The average Bonchev–Trinajstić information content (AvgIpc) is 2.43. The molecule has 0 spiro atoms. The van der Waals surface area contributed by atoms with Crippen molar-refractivity contribution in [2.75, 3.05) is 45.2 Å². The molecule has 0 radical (unpaired) electrons. The smallest absolute Gasteiger partial charge is 0.191 e. The summed E-state index contributed by atoms with van der Waals surface area (Å²) < 4.78 is 22.1. The van der Waals surface area contributed by atoms with Gasteiger partial charge in [-0.2, -0.15) is 0 Å². The van der Waals surface area contributed by atoms with Crippen molar-refractivity contribution in [3.8, 4) is 0 Å². The largest absolute Gasteiger partial charge is 0.356 e. The van der Waals surface area contributed by atoms with Crippen molar-refractivity contribution in [3.63, 3.8) is 0 Å². The molecule has 1 aliphatic rings. The highest BCUT2D eigenvalue weighted by molar-refractivity contribution is 7.90. The number of hydrogen-bond acceptors (Lipinski definition) is 4. The van der Waals surface area contributed by atoms with Crippen LogP contribution >= 0.6 is 0 Å². The first-order valence-electron chi connectivity index (χ1n) is 7.82. The summed E-state index contributed by atoms with van der Waals surface area (Å²) >= 11 is 0. The molecule has 0 saturated carbocycles. The second-order valence-corrected chi connectivity index (χ2v) is 8.00. The van der Waals surface area contributed by atoms with Crippen LogP contribution in [-0.4, -0.2) is 70.6 Å². The van der Waals surface area contributed by atoms with Crippen molar-refractivity contribution in [2.45, 2.75) is 38.6 Å². The molecule has 1 saturated heterocycles. The molecule has 2 N–H and O–H groups in total. The molecule has 124 valence electrons. The number of sulfone groups is 1. The number of piperidine rings is 1. The van der Waals surface area contributed by atoms with E-state index in [-0.39, 0.29) is 5.75 Å². The van der Waals surface area contributed by atoms with Gasteiger partial charge < -0.3 is 15.5 Å². The average molecular weight is 318 g/mol. The van der Waals surface area contributed by atoms with Crippen LogP contribution in [0.3, 0.4) is 0 Å². The lowest BCUT2D eigenvalue weighted by atomic mass is 10.1. The van der Waals surface area contributed by atoms with Crippen LogP contribution < -0.4 is 10.6 Å². The van der Waals surface area contributed by atoms with Crippen LogP contribution in [0.2, 0.25) is 0 Å². The Morgan fingerprint density at radius 1 is 1.33 bits per heavy atom. The SMILES string of the molecule is CCCN1CCC(NC(=NC)NCCCS(C)(=O)=O)CC1. The van der Waals surface area contributed by atoms with Gasteiger partial charge in [-0.3, -0.25) is 4.99 Å². The Morgan fingerprint density at radius 3 is 2.52 bits per heavy atom. The molecule has 1 aliphatic heterocycles. The van der Waals surface area contributed by atoms with E-state index in [2.05, 4.69) is 27.4 Å². The van der Waals surface area contributed by atoms with Crippen molar-refractivity contribution >= 4 is 15.8 Å². The molecule has 1 heterocycles. The molecule has 7 heteroatoms. The molecule has 0 amide bonds. The van der Waals surface area contributed by atoms with E-state index in [9.17, 15) is 8.42 Å². The molecule has 0 unspecified atom stereocenters. The highest BCUT2D eigenvalue weighted by atomic mass is 32.2. The van der Waals surface area contributed by atoms with Crippen LogP contribution in [-0.2, 0) is 9.84 Å². The first-order valence-corrected chi connectivity index (χ1v) is 9.88. The molecule has 0 aromatic heterocycles. The van der Waals surface area contributed by atoms with E-state index >= 15 is 0 Å². The van der Waals surface area contributed by atoms with Crippen molar-refractivity contribution in [1.82, 2.24) is 15.5 Å². The van der Waals surface area contributed by atoms with E-state index in [1.165, 1.54) is 19.2 Å². The van der Waals surface area contributed by atoms with Gasteiger partial charge in [0.2, 0.25) is 0 Å². The maximum Gasteiger partial charge on any atom is 0.191 e. The Morgan fingerprint density at radius 2 is 2.00 bits per heavy atom. The van der Waals surface area contributed by atoms with Gasteiger partial charge in [-0.15, -0.1) is 0 Å². The second-order valence-electron chi connectivity index (χ2n) is 5.74. The molecule has 0 aromatic carbocycles. The molecule has 1 fully saturated rings. The van der Waals surface area contributed by atoms with Gasteiger partial charge in [0.05, 0.1) is 5.75 Å². The summed E-state index contributed by atoms with van der Waals surface area (Å²) in [7, 11) is -1.13. The van der Waals surface area contributed by atoms with Crippen molar-refractivity contribution < 1.29 is 8.42 Å². The van der Waals surface area contributed by atoms with E-state index in [0.717, 1.165) is 31.9 Å².